The highest BCUT2D eigenvalue weighted by Crippen LogP contribution is 2.31. The van der Waals surface area contributed by atoms with Crippen LogP contribution in [0.25, 0.3) is 0 Å². The molecule has 1 aromatic rings. The van der Waals surface area contributed by atoms with E-state index in [-0.39, 0.29) is 12.1 Å². The molecule has 0 radical (unpaired) electrons. The van der Waals surface area contributed by atoms with Gasteiger partial charge in [0.15, 0.2) is 0 Å². The van der Waals surface area contributed by atoms with Gasteiger partial charge < -0.3 is 10.5 Å². The van der Waals surface area contributed by atoms with Gasteiger partial charge in [-0.2, -0.15) is 0 Å². The smallest absolute Gasteiger partial charge is 0.0979 e. The molecule has 2 N–H and O–H groups in total. The molecule has 0 aromatic heterocycles. The average Bonchev–Trinajstić information content (AvgIpc) is 2.18. The minimum Gasteiger partial charge on any atom is -0.369 e. The second-order valence-electron chi connectivity index (χ2n) is 4.83. The molecule has 2 rings (SSSR count). The number of hydrogen-bond donors (Lipinski definition) is 1. The molecule has 1 aromatic carbocycles. The second-order valence-corrected chi connectivity index (χ2v) is 4.83. The van der Waals surface area contributed by atoms with Gasteiger partial charge in [-0.05, 0) is 44.2 Å². The van der Waals surface area contributed by atoms with E-state index in [9.17, 15) is 0 Å². The molecule has 0 spiro atoms. The first-order chi connectivity index (χ1) is 7.68. The summed E-state index contributed by atoms with van der Waals surface area (Å²) in [6, 6.07) is 8.40. The van der Waals surface area contributed by atoms with E-state index in [1.807, 2.05) is 6.92 Å². The summed E-state index contributed by atoms with van der Waals surface area (Å²) in [5.41, 5.74) is 8.55. The van der Waals surface area contributed by atoms with E-state index in [1.54, 1.807) is 0 Å². The minimum absolute atomic E-state index is 0.0432. The Morgan fingerprint density at radius 1 is 1.31 bits per heavy atom. The molecular weight excluding hydrogens is 198 g/mol. The maximum atomic E-state index is 6.09. The van der Waals surface area contributed by atoms with Crippen LogP contribution in [0, 0.1) is 6.92 Å². The van der Waals surface area contributed by atoms with Gasteiger partial charge >= 0.3 is 0 Å². The monoisotopic (exact) mass is 219 g/mol. The SMILES string of the molecule is Cc1ccccc1C(OC1CCC1)C(C)N. The first-order valence-corrected chi connectivity index (χ1v) is 6.15. The van der Waals surface area contributed by atoms with Gasteiger partial charge in [-0.1, -0.05) is 24.3 Å². The van der Waals surface area contributed by atoms with E-state index in [2.05, 4.69) is 31.2 Å². The lowest BCUT2D eigenvalue weighted by molar-refractivity contribution is -0.0613. The van der Waals surface area contributed by atoms with Crippen LogP contribution in [0.4, 0.5) is 0 Å². The zero-order chi connectivity index (χ0) is 11.5. The summed E-state index contributed by atoms with van der Waals surface area (Å²) in [7, 11) is 0. The van der Waals surface area contributed by atoms with Gasteiger partial charge in [0.1, 0.15) is 0 Å². The fourth-order valence-corrected chi connectivity index (χ4v) is 2.10. The van der Waals surface area contributed by atoms with Crippen molar-refractivity contribution in [1.29, 1.82) is 0 Å². The zero-order valence-electron chi connectivity index (χ0n) is 10.1. The quantitative estimate of drug-likeness (QED) is 0.845. The van der Waals surface area contributed by atoms with Crippen molar-refractivity contribution in [2.45, 2.75) is 51.4 Å². The summed E-state index contributed by atoms with van der Waals surface area (Å²) < 4.78 is 6.09. The van der Waals surface area contributed by atoms with Crippen molar-refractivity contribution in [3.05, 3.63) is 35.4 Å². The Labute approximate surface area is 97.8 Å². The van der Waals surface area contributed by atoms with Gasteiger partial charge in [0.25, 0.3) is 0 Å². The van der Waals surface area contributed by atoms with Gasteiger partial charge in [0, 0.05) is 6.04 Å². The number of benzene rings is 1. The number of aryl methyl sites for hydroxylation is 1. The Bertz CT molecular complexity index is 344. The molecule has 0 heterocycles. The zero-order valence-corrected chi connectivity index (χ0v) is 10.1. The van der Waals surface area contributed by atoms with E-state index < -0.39 is 0 Å². The van der Waals surface area contributed by atoms with Gasteiger partial charge in [-0.3, -0.25) is 0 Å². The number of hydrogen-bond acceptors (Lipinski definition) is 2. The van der Waals surface area contributed by atoms with Gasteiger partial charge in [0.05, 0.1) is 12.2 Å². The molecule has 0 aliphatic heterocycles. The van der Waals surface area contributed by atoms with Crippen molar-refractivity contribution in [3.63, 3.8) is 0 Å². The minimum atomic E-state index is 0.0432. The number of ether oxygens (including phenoxy) is 1. The molecule has 1 fully saturated rings. The van der Waals surface area contributed by atoms with Gasteiger partial charge in [0.2, 0.25) is 0 Å². The lowest BCUT2D eigenvalue weighted by Crippen LogP contribution is -2.33. The van der Waals surface area contributed by atoms with Crippen LogP contribution in [0.2, 0.25) is 0 Å². The molecule has 2 heteroatoms. The molecule has 1 aliphatic carbocycles. The van der Waals surface area contributed by atoms with Crippen molar-refractivity contribution in [1.82, 2.24) is 0 Å². The maximum Gasteiger partial charge on any atom is 0.0979 e. The van der Waals surface area contributed by atoms with Crippen LogP contribution in [-0.2, 0) is 4.74 Å². The Balaban J connectivity index is 2.14. The topological polar surface area (TPSA) is 35.2 Å². The third-order valence-corrected chi connectivity index (χ3v) is 3.36. The molecule has 88 valence electrons. The van der Waals surface area contributed by atoms with Crippen LogP contribution in [-0.4, -0.2) is 12.1 Å². The normalized spacial score (nSPS) is 20.2. The molecule has 2 unspecified atom stereocenters. The second kappa shape index (κ2) is 4.98. The maximum absolute atomic E-state index is 6.09. The molecule has 0 bridgehead atoms. The predicted molar refractivity (Wildman–Crippen MR) is 66.3 cm³/mol. The molecule has 2 atom stereocenters. The first-order valence-electron chi connectivity index (χ1n) is 6.15. The highest BCUT2D eigenvalue weighted by molar-refractivity contribution is 5.28. The fraction of sp³-hybridized carbons (Fsp3) is 0.571. The molecular formula is C14H21NO. The van der Waals surface area contributed by atoms with E-state index in [1.165, 1.54) is 30.4 Å². The molecule has 2 nitrogen and oxygen atoms in total. The molecule has 0 saturated heterocycles. The number of nitrogens with two attached hydrogens (primary N) is 1. The van der Waals surface area contributed by atoms with E-state index >= 15 is 0 Å². The highest BCUT2D eigenvalue weighted by atomic mass is 16.5. The van der Waals surface area contributed by atoms with Gasteiger partial charge in [-0.15, -0.1) is 0 Å². The Hall–Kier alpha value is -0.860. The van der Waals surface area contributed by atoms with E-state index in [0.717, 1.165) is 0 Å². The number of rotatable bonds is 4. The molecule has 16 heavy (non-hydrogen) atoms. The lowest BCUT2D eigenvalue weighted by atomic mass is 9.94. The summed E-state index contributed by atoms with van der Waals surface area (Å²) in [6.07, 6.45) is 4.15. The molecule has 1 aliphatic rings. The third-order valence-electron chi connectivity index (χ3n) is 3.36. The van der Waals surface area contributed by atoms with Crippen LogP contribution in [0.15, 0.2) is 24.3 Å². The fourth-order valence-electron chi connectivity index (χ4n) is 2.10. The Kier molecular flexibility index (Phi) is 3.62. The van der Waals surface area contributed by atoms with Crippen LogP contribution in [0.5, 0.6) is 0 Å². The summed E-state index contributed by atoms with van der Waals surface area (Å²) in [4.78, 5) is 0. The van der Waals surface area contributed by atoms with Crippen molar-refractivity contribution in [2.24, 2.45) is 5.73 Å². The Morgan fingerprint density at radius 2 is 2.00 bits per heavy atom. The van der Waals surface area contributed by atoms with E-state index in [4.69, 9.17) is 10.5 Å². The van der Waals surface area contributed by atoms with E-state index in [0.29, 0.717) is 6.10 Å². The predicted octanol–water partition coefficient (Wildman–Crippen LogP) is 2.95. The van der Waals surface area contributed by atoms with Crippen LogP contribution in [0.3, 0.4) is 0 Å². The van der Waals surface area contributed by atoms with Crippen molar-refractivity contribution in [2.75, 3.05) is 0 Å². The standard InChI is InChI=1S/C14H21NO/c1-10-6-3-4-9-13(10)14(11(2)15)16-12-7-5-8-12/h3-4,6,9,11-12,14H,5,7-8,15H2,1-2H3. The largest absolute Gasteiger partial charge is 0.369 e. The lowest BCUT2D eigenvalue weighted by Gasteiger charge is -2.33. The molecule has 1 saturated carbocycles. The summed E-state index contributed by atoms with van der Waals surface area (Å²) >= 11 is 0. The third kappa shape index (κ3) is 2.45. The van der Waals surface area contributed by atoms with Crippen molar-refractivity contribution < 1.29 is 4.74 Å². The van der Waals surface area contributed by atoms with Crippen molar-refractivity contribution in [3.8, 4) is 0 Å². The Morgan fingerprint density at radius 3 is 2.50 bits per heavy atom. The summed E-state index contributed by atoms with van der Waals surface area (Å²) in [6.45, 7) is 4.14. The highest BCUT2D eigenvalue weighted by Gasteiger charge is 2.26. The first kappa shape index (κ1) is 11.6. The van der Waals surface area contributed by atoms with Crippen LogP contribution in [0.1, 0.15) is 43.4 Å². The summed E-state index contributed by atoms with van der Waals surface area (Å²) in [5.74, 6) is 0. The van der Waals surface area contributed by atoms with Gasteiger partial charge in [-0.25, -0.2) is 0 Å². The molecule has 0 amide bonds. The van der Waals surface area contributed by atoms with Crippen molar-refractivity contribution >= 4 is 0 Å². The summed E-state index contributed by atoms with van der Waals surface area (Å²) in [5, 5.41) is 0. The van der Waals surface area contributed by atoms with Crippen LogP contribution < -0.4 is 5.73 Å². The average molecular weight is 219 g/mol. The van der Waals surface area contributed by atoms with Crippen LogP contribution >= 0.6 is 0 Å².